The van der Waals surface area contributed by atoms with Gasteiger partial charge in [-0.25, -0.2) is 0 Å². The van der Waals surface area contributed by atoms with E-state index in [2.05, 4.69) is 12.2 Å². The third kappa shape index (κ3) is 2.77. The van der Waals surface area contributed by atoms with Gasteiger partial charge in [0.1, 0.15) is 5.92 Å². The largest absolute Gasteiger partial charge is 0.486 e. The lowest BCUT2D eigenvalue weighted by molar-refractivity contribution is -0.139. The summed E-state index contributed by atoms with van der Waals surface area (Å²) >= 11 is 4.65. The number of carboxylic acid groups (broad SMARTS) is 1. The highest BCUT2D eigenvalue weighted by molar-refractivity contribution is 7.80. The smallest absolute Gasteiger partial charge is 0.314 e. The van der Waals surface area contributed by atoms with Gasteiger partial charge in [-0.2, -0.15) is 0 Å². The van der Waals surface area contributed by atoms with Crippen molar-refractivity contribution in [2.24, 2.45) is 5.92 Å². The van der Waals surface area contributed by atoms with E-state index in [1.165, 1.54) is 6.92 Å². The van der Waals surface area contributed by atoms with Crippen LogP contribution in [-0.2, 0) is 9.53 Å². The number of aliphatic carboxylic acids is 1. The van der Waals surface area contributed by atoms with Crippen molar-refractivity contribution in [1.29, 1.82) is 0 Å². The molecule has 0 aliphatic heterocycles. The molecular weight excluding hydrogens is 152 g/mol. The van der Waals surface area contributed by atoms with E-state index in [1.807, 2.05) is 0 Å². The lowest BCUT2D eigenvalue weighted by Gasteiger charge is -2.07. The molecule has 0 heterocycles. The van der Waals surface area contributed by atoms with Crippen molar-refractivity contribution in [2.75, 3.05) is 6.61 Å². The number of rotatable bonds is 3. The summed E-state index contributed by atoms with van der Waals surface area (Å²) in [6.07, 6.45) is 0. The zero-order valence-corrected chi connectivity index (χ0v) is 6.77. The van der Waals surface area contributed by atoms with Gasteiger partial charge in [0.2, 0.25) is 0 Å². The highest BCUT2D eigenvalue weighted by Gasteiger charge is 2.16. The standard InChI is InChI=1S/C6H10O3S/c1-3-9-6(10)4(2)5(7)8/h4H,3H2,1-2H3,(H,7,8). The molecule has 0 aromatic rings. The molecule has 0 aromatic heterocycles. The van der Waals surface area contributed by atoms with Gasteiger partial charge in [0.25, 0.3) is 0 Å². The van der Waals surface area contributed by atoms with Gasteiger partial charge >= 0.3 is 5.97 Å². The van der Waals surface area contributed by atoms with E-state index in [0.717, 1.165) is 0 Å². The van der Waals surface area contributed by atoms with Crippen LogP contribution in [0.25, 0.3) is 0 Å². The van der Waals surface area contributed by atoms with Crippen LogP contribution in [0.15, 0.2) is 0 Å². The van der Waals surface area contributed by atoms with Crippen molar-refractivity contribution < 1.29 is 14.6 Å². The molecule has 1 unspecified atom stereocenters. The van der Waals surface area contributed by atoms with E-state index in [4.69, 9.17) is 9.84 Å². The maximum atomic E-state index is 10.2. The topological polar surface area (TPSA) is 46.5 Å². The van der Waals surface area contributed by atoms with Crippen molar-refractivity contribution in [2.45, 2.75) is 13.8 Å². The first-order valence-electron chi connectivity index (χ1n) is 2.99. The monoisotopic (exact) mass is 162 g/mol. The van der Waals surface area contributed by atoms with Gasteiger partial charge in [-0.1, -0.05) is 0 Å². The summed E-state index contributed by atoms with van der Waals surface area (Å²) in [4.78, 5) is 10.2. The molecule has 4 heteroatoms. The first kappa shape index (κ1) is 9.36. The molecule has 1 N–H and O–H groups in total. The van der Waals surface area contributed by atoms with Crippen molar-refractivity contribution in [3.8, 4) is 0 Å². The third-order valence-electron chi connectivity index (χ3n) is 1.01. The van der Waals surface area contributed by atoms with Gasteiger partial charge in [-0.15, -0.1) is 0 Å². The molecule has 0 amide bonds. The Bertz CT molecular complexity index is 144. The molecule has 0 bridgehead atoms. The van der Waals surface area contributed by atoms with E-state index < -0.39 is 11.9 Å². The Balaban J connectivity index is 3.82. The molecule has 3 nitrogen and oxygen atoms in total. The maximum absolute atomic E-state index is 10.2. The van der Waals surface area contributed by atoms with Crippen molar-refractivity contribution in [1.82, 2.24) is 0 Å². The van der Waals surface area contributed by atoms with E-state index in [9.17, 15) is 4.79 Å². The number of thiocarbonyl (C=S) groups is 1. The average Bonchev–Trinajstić information content (AvgIpc) is 1.87. The second-order valence-electron chi connectivity index (χ2n) is 1.81. The van der Waals surface area contributed by atoms with Crippen LogP contribution in [0.3, 0.4) is 0 Å². The van der Waals surface area contributed by atoms with Crippen LogP contribution >= 0.6 is 12.2 Å². The highest BCUT2D eigenvalue weighted by Crippen LogP contribution is 2.00. The Morgan fingerprint density at radius 1 is 1.80 bits per heavy atom. The molecule has 0 aromatic carbocycles. The summed E-state index contributed by atoms with van der Waals surface area (Å²) in [5.41, 5.74) is 0. The fraction of sp³-hybridized carbons (Fsp3) is 0.667. The maximum Gasteiger partial charge on any atom is 0.314 e. The molecule has 0 radical (unpaired) electrons. The SMILES string of the molecule is CCOC(=S)C(C)C(=O)O. The Morgan fingerprint density at radius 3 is 2.60 bits per heavy atom. The van der Waals surface area contributed by atoms with Crippen molar-refractivity contribution >= 4 is 23.2 Å². The molecular formula is C6H10O3S. The van der Waals surface area contributed by atoms with Crippen LogP contribution in [0.1, 0.15) is 13.8 Å². The molecule has 0 saturated heterocycles. The minimum absolute atomic E-state index is 0.148. The zero-order valence-electron chi connectivity index (χ0n) is 5.96. The Hall–Kier alpha value is -0.640. The second-order valence-corrected chi connectivity index (χ2v) is 2.21. The molecule has 0 saturated carbocycles. The van der Waals surface area contributed by atoms with E-state index in [0.29, 0.717) is 6.61 Å². The second kappa shape index (κ2) is 4.22. The highest BCUT2D eigenvalue weighted by atomic mass is 32.1. The molecule has 0 aliphatic rings. The van der Waals surface area contributed by atoms with Gasteiger partial charge in [0.15, 0.2) is 5.05 Å². The summed E-state index contributed by atoms with van der Waals surface area (Å²) in [6, 6.07) is 0. The van der Waals surface area contributed by atoms with Gasteiger partial charge in [-0.3, -0.25) is 4.79 Å². The van der Waals surface area contributed by atoms with Crippen LogP contribution in [0.5, 0.6) is 0 Å². The summed E-state index contributed by atoms with van der Waals surface area (Å²) < 4.78 is 4.82. The van der Waals surface area contributed by atoms with Gasteiger partial charge in [0, 0.05) is 0 Å². The minimum atomic E-state index is -0.946. The van der Waals surface area contributed by atoms with E-state index >= 15 is 0 Å². The summed E-state index contributed by atoms with van der Waals surface area (Å²) in [5, 5.41) is 8.56. The normalized spacial score (nSPS) is 12.2. The molecule has 0 fully saturated rings. The lowest BCUT2D eigenvalue weighted by atomic mass is 10.2. The zero-order chi connectivity index (χ0) is 8.15. The van der Waals surface area contributed by atoms with Crippen LogP contribution in [0.2, 0.25) is 0 Å². The van der Waals surface area contributed by atoms with Crippen LogP contribution in [0.4, 0.5) is 0 Å². The predicted octanol–water partition coefficient (Wildman–Crippen LogP) is 1.07. The fourth-order valence-corrected chi connectivity index (χ4v) is 0.587. The first-order valence-corrected chi connectivity index (χ1v) is 3.39. The number of hydrogen-bond acceptors (Lipinski definition) is 3. The number of ether oxygens (including phenoxy) is 1. The van der Waals surface area contributed by atoms with Crippen LogP contribution < -0.4 is 0 Å². The molecule has 0 spiro atoms. The Morgan fingerprint density at radius 2 is 2.30 bits per heavy atom. The molecule has 0 aliphatic carbocycles. The Labute approximate surface area is 65.0 Å². The van der Waals surface area contributed by atoms with Gasteiger partial charge < -0.3 is 9.84 Å². The Kier molecular flexibility index (Phi) is 3.95. The summed E-state index contributed by atoms with van der Waals surface area (Å²) in [5.74, 6) is -1.63. The minimum Gasteiger partial charge on any atom is -0.486 e. The number of hydrogen-bond donors (Lipinski definition) is 1. The average molecular weight is 162 g/mol. The third-order valence-corrected chi connectivity index (χ3v) is 1.48. The van der Waals surface area contributed by atoms with Crippen molar-refractivity contribution in [3.05, 3.63) is 0 Å². The van der Waals surface area contributed by atoms with Crippen LogP contribution in [0, 0.1) is 5.92 Å². The van der Waals surface area contributed by atoms with Gasteiger partial charge in [0.05, 0.1) is 6.61 Å². The summed E-state index contributed by atoms with van der Waals surface area (Å²) in [7, 11) is 0. The van der Waals surface area contributed by atoms with Gasteiger partial charge in [-0.05, 0) is 26.1 Å². The lowest BCUT2D eigenvalue weighted by Crippen LogP contribution is -2.20. The molecule has 1 atom stereocenters. The number of carboxylic acids is 1. The predicted molar refractivity (Wildman–Crippen MR) is 41.0 cm³/mol. The molecule has 10 heavy (non-hydrogen) atoms. The molecule has 0 rings (SSSR count). The molecule has 58 valence electrons. The van der Waals surface area contributed by atoms with Crippen molar-refractivity contribution in [3.63, 3.8) is 0 Å². The van der Waals surface area contributed by atoms with E-state index in [1.54, 1.807) is 6.92 Å². The quantitative estimate of drug-likeness (QED) is 0.630. The number of carbonyl (C=O) groups is 1. The summed E-state index contributed by atoms with van der Waals surface area (Å²) in [6.45, 7) is 3.69. The fourth-order valence-electron chi connectivity index (χ4n) is 0.368. The van der Waals surface area contributed by atoms with Crippen LogP contribution in [-0.4, -0.2) is 22.7 Å². The van der Waals surface area contributed by atoms with E-state index in [-0.39, 0.29) is 5.05 Å². The first-order chi connectivity index (χ1) is 4.59.